The van der Waals surface area contributed by atoms with Crippen molar-refractivity contribution in [3.63, 3.8) is 0 Å². The molecule has 0 fully saturated rings. The highest BCUT2D eigenvalue weighted by atomic mass is 14.5. The Bertz CT molecular complexity index is 309. The van der Waals surface area contributed by atoms with E-state index in [4.69, 9.17) is 5.73 Å². The van der Waals surface area contributed by atoms with Gasteiger partial charge >= 0.3 is 0 Å². The van der Waals surface area contributed by atoms with Crippen LogP contribution in [0.3, 0.4) is 0 Å². The monoisotopic (exact) mass is 191 g/mol. The molecule has 2 N–H and O–H groups in total. The second kappa shape index (κ2) is 3.74. The Morgan fingerprint density at radius 3 is 1.79 bits per heavy atom. The number of rotatable bonds is 1. The zero-order valence-corrected chi connectivity index (χ0v) is 9.94. The van der Waals surface area contributed by atoms with E-state index in [1.807, 2.05) is 0 Å². The van der Waals surface area contributed by atoms with Crippen molar-refractivity contribution >= 4 is 0 Å². The van der Waals surface area contributed by atoms with Gasteiger partial charge < -0.3 is 5.73 Å². The van der Waals surface area contributed by atoms with Gasteiger partial charge in [-0.25, -0.2) is 0 Å². The Labute approximate surface area is 87.3 Å². The van der Waals surface area contributed by atoms with Crippen molar-refractivity contribution in [2.24, 2.45) is 5.73 Å². The number of hydrogen-bond donors (Lipinski definition) is 1. The lowest BCUT2D eigenvalue weighted by Crippen LogP contribution is -2.16. The highest BCUT2D eigenvalue weighted by Crippen LogP contribution is 2.29. The summed E-state index contributed by atoms with van der Waals surface area (Å²) in [6.07, 6.45) is 0. The lowest BCUT2D eigenvalue weighted by Gasteiger charge is -2.25. The molecule has 0 atom stereocenters. The van der Waals surface area contributed by atoms with Crippen LogP contribution in [0.25, 0.3) is 0 Å². The average molecular weight is 191 g/mol. The van der Waals surface area contributed by atoms with Gasteiger partial charge in [0.2, 0.25) is 0 Å². The van der Waals surface area contributed by atoms with E-state index in [2.05, 4.69) is 46.8 Å². The van der Waals surface area contributed by atoms with Crippen LogP contribution in [0.2, 0.25) is 0 Å². The summed E-state index contributed by atoms with van der Waals surface area (Å²) in [6.45, 7) is 11.7. The summed E-state index contributed by atoms with van der Waals surface area (Å²) >= 11 is 0. The second-order valence-corrected chi connectivity index (χ2v) is 5.06. The van der Waals surface area contributed by atoms with Crippen LogP contribution in [0.1, 0.15) is 43.0 Å². The smallest absolute Gasteiger partial charge is 0.0178 e. The number of hydrogen-bond acceptors (Lipinski definition) is 1. The quantitative estimate of drug-likeness (QED) is 0.725. The Kier molecular flexibility index (Phi) is 3.01. The predicted octanol–water partition coefficient (Wildman–Crippen LogP) is 3.06. The molecule has 0 aromatic heterocycles. The number of benzene rings is 1. The first-order chi connectivity index (χ1) is 6.36. The Hall–Kier alpha value is -0.820. The molecular formula is C13H21N. The van der Waals surface area contributed by atoms with Gasteiger partial charge in [-0.2, -0.15) is 0 Å². The molecule has 0 unspecified atom stereocenters. The maximum atomic E-state index is 5.65. The summed E-state index contributed by atoms with van der Waals surface area (Å²) in [5, 5.41) is 0. The lowest BCUT2D eigenvalue weighted by atomic mass is 9.80. The van der Waals surface area contributed by atoms with Crippen molar-refractivity contribution in [2.75, 3.05) is 0 Å². The molecule has 1 aromatic rings. The first kappa shape index (κ1) is 11.3. The molecule has 0 saturated heterocycles. The van der Waals surface area contributed by atoms with E-state index in [1.54, 1.807) is 0 Å². The average Bonchev–Trinajstić information content (AvgIpc) is 1.99. The second-order valence-electron chi connectivity index (χ2n) is 5.06. The maximum absolute atomic E-state index is 5.65. The fraction of sp³-hybridized carbons (Fsp3) is 0.538. The minimum atomic E-state index is 0.224. The molecule has 0 aliphatic rings. The molecule has 0 bridgehead atoms. The molecule has 0 heterocycles. The molecule has 1 rings (SSSR count). The van der Waals surface area contributed by atoms with E-state index in [-0.39, 0.29) is 5.41 Å². The fourth-order valence-electron chi connectivity index (χ4n) is 2.35. The van der Waals surface area contributed by atoms with Crippen LogP contribution in [-0.2, 0) is 12.0 Å². The van der Waals surface area contributed by atoms with Crippen LogP contribution < -0.4 is 5.73 Å². The van der Waals surface area contributed by atoms with Crippen molar-refractivity contribution < 1.29 is 0 Å². The van der Waals surface area contributed by atoms with Gasteiger partial charge in [0, 0.05) is 6.54 Å². The molecular weight excluding hydrogens is 170 g/mol. The summed E-state index contributed by atoms with van der Waals surface area (Å²) in [6, 6.07) is 4.40. The molecule has 0 amide bonds. The summed E-state index contributed by atoms with van der Waals surface area (Å²) < 4.78 is 0. The molecule has 0 radical (unpaired) electrons. The highest BCUT2D eigenvalue weighted by molar-refractivity contribution is 5.41. The summed E-state index contributed by atoms with van der Waals surface area (Å²) in [7, 11) is 0. The molecule has 0 saturated carbocycles. The molecule has 1 heteroatoms. The number of nitrogens with two attached hydrogens (primary N) is 1. The molecule has 78 valence electrons. The van der Waals surface area contributed by atoms with E-state index in [0.29, 0.717) is 6.54 Å². The molecule has 1 nitrogen and oxygen atoms in total. The Balaban J connectivity index is 3.33. The molecule has 0 spiro atoms. The lowest BCUT2D eigenvalue weighted by molar-refractivity contribution is 0.581. The van der Waals surface area contributed by atoms with E-state index < -0.39 is 0 Å². The van der Waals surface area contributed by atoms with E-state index in [1.165, 1.54) is 22.3 Å². The minimum absolute atomic E-state index is 0.224. The third kappa shape index (κ3) is 2.16. The van der Waals surface area contributed by atoms with Crippen LogP contribution in [-0.4, -0.2) is 0 Å². The van der Waals surface area contributed by atoms with Crippen LogP contribution in [0.15, 0.2) is 12.1 Å². The maximum Gasteiger partial charge on any atom is 0.0178 e. The van der Waals surface area contributed by atoms with Crippen molar-refractivity contribution in [2.45, 2.75) is 46.6 Å². The number of aryl methyl sites for hydroxylation is 2. The van der Waals surface area contributed by atoms with Gasteiger partial charge in [0.1, 0.15) is 0 Å². The largest absolute Gasteiger partial charge is 0.326 e. The van der Waals surface area contributed by atoms with Gasteiger partial charge in [-0.3, -0.25) is 0 Å². The SMILES string of the molecule is Cc1cc(CN)cc(C)c1C(C)(C)C. The Morgan fingerprint density at radius 1 is 1.07 bits per heavy atom. The summed E-state index contributed by atoms with van der Waals surface area (Å²) in [5.41, 5.74) is 11.3. The molecule has 14 heavy (non-hydrogen) atoms. The minimum Gasteiger partial charge on any atom is -0.326 e. The summed E-state index contributed by atoms with van der Waals surface area (Å²) in [4.78, 5) is 0. The van der Waals surface area contributed by atoms with Crippen molar-refractivity contribution in [1.82, 2.24) is 0 Å². The molecule has 1 aromatic carbocycles. The third-order valence-corrected chi connectivity index (χ3v) is 2.58. The van der Waals surface area contributed by atoms with Gasteiger partial charge in [0.25, 0.3) is 0 Å². The third-order valence-electron chi connectivity index (χ3n) is 2.58. The standard InChI is InChI=1S/C13H21N/c1-9-6-11(8-14)7-10(2)12(9)13(3,4)5/h6-7H,8,14H2,1-5H3. The summed E-state index contributed by atoms with van der Waals surface area (Å²) in [5.74, 6) is 0. The van der Waals surface area contributed by atoms with E-state index >= 15 is 0 Å². The van der Waals surface area contributed by atoms with Gasteiger partial charge in [0.15, 0.2) is 0 Å². The van der Waals surface area contributed by atoms with Crippen LogP contribution in [0.4, 0.5) is 0 Å². The molecule has 0 aliphatic heterocycles. The fourth-order valence-corrected chi connectivity index (χ4v) is 2.35. The first-order valence-electron chi connectivity index (χ1n) is 5.17. The van der Waals surface area contributed by atoms with Crippen LogP contribution in [0.5, 0.6) is 0 Å². The van der Waals surface area contributed by atoms with Gasteiger partial charge in [-0.15, -0.1) is 0 Å². The molecule has 0 aliphatic carbocycles. The Morgan fingerprint density at radius 2 is 1.50 bits per heavy atom. The zero-order chi connectivity index (χ0) is 10.9. The van der Waals surface area contributed by atoms with Gasteiger partial charge in [0.05, 0.1) is 0 Å². The first-order valence-corrected chi connectivity index (χ1v) is 5.17. The van der Waals surface area contributed by atoms with Gasteiger partial charge in [-0.05, 0) is 41.5 Å². The van der Waals surface area contributed by atoms with Gasteiger partial charge in [-0.1, -0.05) is 32.9 Å². The van der Waals surface area contributed by atoms with E-state index in [0.717, 1.165) is 0 Å². The van der Waals surface area contributed by atoms with Crippen LogP contribution in [0, 0.1) is 13.8 Å². The van der Waals surface area contributed by atoms with E-state index in [9.17, 15) is 0 Å². The predicted molar refractivity (Wildman–Crippen MR) is 62.5 cm³/mol. The van der Waals surface area contributed by atoms with Crippen molar-refractivity contribution in [3.8, 4) is 0 Å². The van der Waals surface area contributed by atoms with Crippen molar-refractivity contribution in [1.29, 1.82) is 0 Å². The van der Waals surface area contributed by atoms with Crippen LogP contribution >= 0.6 is 0 Å². The normalized spacial score (nSPS) is 11.9. The van der Waals surface area contributed by atoms with Crippen molar-refractivity contribution in [3.05, 3.63) is 34.4 Å². The zero-order valence-electron chi connectivity index (χ0n) is 9.94. The topological polar surface area (TPSA) is 26.0 Å². The highest BCUT2D eigenvalue weighted by Gasteiger charge is 2.18.